The van der Waals surface area contributed by atoms with Crippen molar-refractivity contribution < 1.29 is 27.8 Å². The number of hydrogen-bond acceptors (Lipinski definition) is 7. The number of ketones is 1. The number of ether oxygens (including phenoxy) is 2. The summed E-state index contributed by atoms with van der Waals surface area (Å²) in [6, 6.07) is 12.1. The molecule has 5 aromatic rings. The van der Waals surface area contributed by atoms with Crippen molar-refractivity contribution in [1.29, 1.82) is 0 Å². The molecule has 0 aliphatic carbocycles. The van der Waals surface area contributed by atoms with E-state index in [4.69, 9.17) is 9.47 Å². The van der Waals surface area contributed by atoms with Gasteiger partial charge in [-0.1, -0.05) is 0 Å². The van der Waals surface area contributed by atoms with E-state index >= 15 is 4.39 Å². The minimum absolute atomic E-state index is 0.0457. The number of carbonyl (C=O) groups is 2. The smallest absolute Gasteiger partial charge is 0.268 e. The lowest BCUT2D eigenvalue weighted by molar-refractivity contribution is 0.101. The molecule has 212 valence electrons. The topological polar surface area (TPSA) is 112 Å². The SMILES string of the molecule is COc1cnc2c(Oc3ccc(NC(=O)c4c(C)c(C(C)=O)c(C)n(-c5ccc(F)cc5)c4=O)cc3F)ccnc2c1. The molecule has 0 aliphatic rings. The van der Waals surface area contributed by atoms with Crippen LogP contribution in [0.4, 0.5) is 14.5 Å². The Kier molecular flexibility index (Phi) is 7.49. The van der Waals surface area contributed by atoms with Gasteiger partial charge in [0, 0.05) is 47.0 Å². The number of hydrogen-bond donors (Lipinski definition) is 1. The first-order valence-corrected chi connectivity index (χ1v) is 12.7. The number of rotatable bonds is 7. The van der Waals surface area contributed by atoms with Crippen LogP contribution in [0.1, 0.15) is 38.9 Å². The molecule has 2 aromatic carbocycles. The van der Waals surface area contributed by atoms with Gasteiger partial charge in [-0.3, -0.25) is 23.9 Å². The zero-order valence-corrected chi connectivity index (χ0v) is 23.0. The lowest BCUT2D eigenvalue weighted by Crippen LogP contribution is -2.33. The number of fused-ring (bicyclic) bond motifs is 1. The Bertz CT molecular complexity index is 1940. The molecule has 3 heterocycles. The van der Waals surface area contributed by atoms with Gasteiger partial charge in [0.15, 0.2) is 23.1 Å². The molecule has 11 heteroatoms. The van der Waals surface area contributed by atoms with Crippen molar-refractivity contribution in [2.75, 3.05) is 12.4 Å². The second kappa shape index (κ2) is 11.2. The van der Waals surface area contributed by atoms with E-state index in [-0.39, 0.29) is 45.3 Å². The Morgan fingerprint density at radius 3 is 2.33 bits per heavy atom. The summed E-state index contributed by atoms with van der Waals surface area (Å²) in [7, 11) is 1.50. The Balaban J connectivity index is 1.48. The average Bonchev–Trinajstić information content (AvgIpc) is 2.95. The second-order valence-electron chi connectivity index (χ2n) is 9.39. The molecule has 0 aliphatic heterocycles. The van der Waals surface area contributed by atoms with Gasteiger partial charge in [0.2, 0.25) is 0 Å². The molecule has 0 saturated carbocycles. The highest BCUT2D eigenvalue weighted by molar-refractivity contribution is 6.08. The summed E-state index contributed by atoms with van der Waals surface area (Å²) in [5.41, 5.74) is 0.837. The van der Waals surface area contributed by atoms with E-state index in [1.165, 1.54) is 80.4 Å². The number of benzene rings is 2. The van der Waals surface area contributed by atoms with Crippen molar-refractivity contribution in [2.24, 2.45) is 0 Å². The molecule has 0 unspecified atom stereocenters. The third kappa shape index (κ3) is 5.19. The Morgan fingerprint density at radius 1 is 0.929 bits per heavy atom. The summed E-state index contributed by atoms with van der Waals surface area (Å²) < 4.78 is 40.8. The van der Waals surface area contributed by atoms with Gasteiger partial charge in [-0.2, -0.15) is 0 Å². The fourth-order valence-corrected chi connectivity index (χ4v) is 4.77. The molecule has 0 radical (unpaired) electrons. The number of nitrogens with one attached hydrogen (secondary N) is 1. The lowest BCUT2D eigenvalue weighted by atomic mass is 9.98. The van der Waals surface area contributed by atoms with Gasteiger partial charge >= 0.3 is 0 Å². The van der Waals surface area contributed by atoms with Gasteiger partial charge in [-0.15, -0.1) is 0 Å². The van der Waals surface area contributed by atoms with E-state index in [1.807, 2.05) is 0 Å². The standard InChI is InChI=1S/C31H24F2N4O5/c1-16-27(18(3)38)17(2)37(21-8-5-19(32)6-9-21)31(40)28(16)30(39)36-20-7-10-25(23(33)13-20)42-26-11-12-34-24-14-22(41-4)15-35-29(24)26/h5-15H,1-4H3,(H,36,39). The van der Waals surface area contributed by atoms with Crippen LogP contribution in [-0.4, -0.2) is 33.3 Å². The van der Waals surface area contributed by atoms with Crippen LogP contribution in [0.25, 0.3) is 16.7 Å². The maximum absolute atomic E-state index is 15.1. The van der Waals surface area contributed by atoms with Gasteiger partial charge in [0.25, 0.3) is 11.5 Å². The van der Waals surface area contributed by atoms with Crippen LogP contribution in [0.5, 0.6) is 17.2 Å². The van der Waals surface area contributed by atoms with Crippen molar-refractivity contribution in [3.05, 3.63) is 111 Å². The fraction of sp³-hybridized carbons (Fsp3) is 0.129. The van der Waals surface area contributed by atoms with E-state index in [2.05, 4.69) is 15.3 Å². The minimum Gasteiger partial charge on any atom is -0.495 e. The van der Waals surface area contributed by atoms with E-state index in [0.29, 0.717) is 22.5 Å². The molecule has 42 heavy (non-hydrogen) atoms. The quantitative estimate of drug-likeness (QED) is 0.241. The molecule has 0 saturated heterocycles. The number of Topliss-reactive ketones (excluding diaryl/α,β-unsaturated/α-hetero) is 1. The molecular weight excluding hydrogens is 546 g/mol. The number of amides is 1. The first-order valence-electron chi connectivity index (χ1n) is 12.7. The number of methoxy groups -OCH3 is 1. The minimum atomic E-state index is -0.845. The second-order valence-corrected chi connectivity index (χ2v) is 9.39. The predicted octanol–water partition coefficient (Wildman–Crippen LogP) is 5.93. The average molecular weight is 571 g/mol. The Labute approximate surface area is 238 Å². The zero-order valence-electron chi connectivity index (χ0n) is 23.0. The third-order valence-corrected chi connectivity index (χ3v) is 6.69. The van der Waals surface area contributed by atoms with Gasteiger partial charge in [0.05, 0.1) is 18.8 Å². The van der Waals surface area contributed by atoms with Crippen molar-refractivity contribution >= 4 is 28.4 Å². The molecule has 0 spiro atoms. The number of anilines is 1. The van der Waals surface area contributed by atoms with Gasteiger partial charge in [-0.05, 0) is 62.7 Å². The summed E-state index contributed by atoms with van der Waals surface area (Å²) in [5.74, 6) is -1.89. The zero-order chi connectivity index (χ0) is 30.1. The van der Waals surface area contributed by atoms with Crippen molar-refractivity contribution in [3.8, 4) is 22.9 Å². The Hall–Kier alpha value is -5.45. The molecule has 0 bridgehead atoms. The van der Waals surface area contributed by atoms with Gasteiger partial charge < -0.3 is 14.8 Å². The van der Waals surface area contributed by atoms with Crippen LogP contribution < -0.4 is 20.3 Å². The summed E-state index contributed by atoms with van der Waals surface area (Å²) in [6.07, 6.45) is 2.98. The summed E-state index contributed by atoms with van der Waals surface area (Å²) in [6.45, 7) is 4.39. The molecule has 0 fully saturated rings. The number of carbonyl (C=O) groups excluding carboxylic acids is 2. The highest BCUT2D eigenvalue weighted by atomic mass is 19.1. The van der Waals surface area contributed by atoms with E-state index < -0.39 is 23.1 Å². The van der Waals surface area contributed by atoms with E-state index in [9.17, 15) is 18.8 Å². The molecule has 5 rings (SSSR count). The number of halogens is 2. The largest absolute Gasteiger partial charge is 0.495 e. The highest BCUT2D eigenvalue weighted by Gasteiger charge is 2.25. The van der Waals surface area contributed by atoms with E-state index in [1.54, 1.807) is 13.0 Å². The highest BCUT2D eigenvalue weighted by Crippen LogP contribution is 2.31. The number of nitrogens with zero attached hydrogens (tertiary/aromatic N) is 3. The molecule has 1 N–H and O–H groups in total. The summed E-state index contributed by atoms with van der Waals surface area (Å²) >= 11 is 0. The molecule has 1 amide bonds. The van der Waals surface area contributed by atoms with Crippen LogP contribution in [0.2, 0.25) is 0 Å². The van der Waals surface area contributed by atoms with Gasteiger partial charge in [0.1, 0.15) is 22.6 Å². The van der Waals surface area contributed by atoms with Crippen molar-refractivity contribution in [2.45, 2.75) is 20.8 Å². The monoisotopic (exact) mass is 570 g/mol. The summed E-state index contributed by atoms with van der Waals surface area (Å²) in [4.78, 5) is 48.0. The maximum atomic E-state index is 15.1. The lowest BCUT2D eigenvalue weighted by Gasteiger charge is -2.18. The normalized spacial score (nSPS) is 10.9. The fourth-order valence-electron chi connectivity index (χ4n) is 4.77. The van der Waals surface area contributed by atoms with Gasteiger partial charge in [-0.25, -0.2) is 13.8 Å². The molecule has 0 atom stereocenters. The summed E-state index contributed by atoms with van der Waals surface area (Å²) in [5, 5.41) is 2.53. The molecule has 3 aromatic heterocycles. The molecular formula is C31H24F2N4O5. The van der Waals surface area contributed by atoms with Crippen LogP contribution in [0.15, 0.2) is 71.8 Å². The van der Waals surface area contributed by atoms with Crippen LogP contribution in [-0.2, 0) is 0 Å². The van der Waals surface area contributed by atoms with Crippen LogP contribution in [0.3, 0.4) is 0 Å². The van der Waals surface area contributed by atoms with Crippen molar-refractivity contribution in [3.63, 3.8) is 0 Å². The first kappa shape index (κ1) is 28.1. The number of pyridine rings is 3. The molecule has 9 nitrogen and oxygen atoms in total. The third-order valence-electron chi connectivity index (χ3n) is 6.69. The Morgan fingerprint density at radius 2 is 1.67 bits per heavy atom. The predicted molar refractivity (Wildman–Crippen MR) is 152 cm³/mol. The first-order chi connectivity index (χ1) is 20.1. The van der Waals surface area contributed by atoms with E-state index in [0.717, 1.165) is 6.07 Å². The van der Waals surface area contributed by atoms with Crippen LogP contribution >= 0.6 is 0 Å². The maximum Gasteiger partial charge on any atom is 0.268 e. The number of aromatic nitrogens is 3. The van der Waals surface area contributed by atoms with Crippen LogP contribution in [0, 0.1) is 25.5 Å². The van der Waals surface area contributed by atoms with Crippen molar-refractivity contribution in [1.82, 2.24) is 14.5 Å².